The number of hydrogen-bond donors (Lipinski definition) is 1. The Morgan fingerprint density at radius 1 is 1.41 bits per heavy atom. The van der Waals surface area contributed by atoms with E-state index >= 15 is 0 Å². The SMILES string of the molecule is CC(=O)NCC(=O)N1c2ccccc2CC1C. The number of nitrogens with one attached hydrogen (secondary N) is 1. The summed E-state index contributed by atoms with van der Waals surface area (Å²) in [5.41, 5.74) is 2.16. The summed E-state index contributed by atoms with van der Waals surface area (Å²) in [6.07, 6.45) is 0.877. The third-order valence-electron chi connectivity index (χ3n) is 2.96. The van der Waals surface area contributed by atoms with Gasteiger partial charge in [-0.2, -0.15) is 0 Å². The average Bonchev–Trinajstić information content (AvgIpc) is 2.61. The molecule has 1 aliphatic heterocycles. The van der Waals surface area contributed by atoms with Crippen LogP contribution < -0.4 is 10.2 Å². The van der Waals surface area contributed by atoms with Crippen LogP contribution in [0.3, 0.4) is 0 Å². The molecule has 2 rings (SSSR count). The second-order valence-electron chi connectivity index (χ2n) is 4.36. The Balaban J connectivity index is 2.16. The lowest BCUT2D eigenvalue weighted by molar-refractivity contribution is -0.123. The van der Waals surface area contributed by atoms with Gasteiger partial charge in [-0.1, -0.05) is 18.2 Å². The molecule has 90 valence electrons. The van der Waals surface area contributed by atoms with Crippen molar-refractivity contribution in [1.29, 1.82) is 0 Å². The smallest absolute Gasteiger partial charge is 0.246 e. The minimum absolute atomic E-state index is 0.0577. The molecular formula is C13H16N2O2. The third kappa shape index (κ3) is 2.30. The zero-order valence-electron chi connectivity index (χ0n) is 10.1. The second kappa shape index (κ2) is 4.57. The highest BCUT2D eigenvalue weighted by Crippen LogP contribution is 2.31. The summed E-state index contributed by atoms with van der Waals surface area (Å²) in [5.74, 6) is -0.240. The van der Waals surface area contributed by atoms with Crippen molar-refractivity contribution in [3.63, 3.8) is 0 Å². The fourth-order valence-corrected chi connectivity index (χ4v) is 2.23. The summed E-state index contributed by atoms with van der Waals surface area (Å²) in [5, 5.41) is 2.54. The first kappa shape index (κ1) is 11.6. The Hall–Kier alpha value is -1.84. The molecule has 0 saturated heterocycles. The van der Waals surface area contributed by atoms with Crippen LogP contribution in [0.15, 0.2) is 24.3 Å². The van der Waals surface area contributed by atoms with Gasteiger partial charge in [0.15, 0.2) is 0 Å². The van der Waals surface area contributed by atoms with Gasteiger partial charge in [0.2, 0.25) is 11.8 Å². The molecule has 1 aromatic rings. The molecule has 1 atom stereocenters. The fourth-order valence-electron chi connectivity index (χ4n) is 2.23. The molecule has 0 aromatic heterocycles. The predicted molar refractivity (Wildman–Crippen MR) is 65.8 cm³/mol. The maximum atomic E-state index is 12.0. The number of rotatable bonds is 2. The van der Waals surface area contributed by atoms with Gasteiger partial charge in [0.05, 0.1) is 6.54 Å². The monoisotopic (exact) mass is 232 g/mol. The van der Waals surface area contributed by atoms with Crippen LogP contribution in [0.4, 0.5) is 5.69 Å². The Morgan fingerprint density at radius 2 is 2.12 bits per heavy atom. The zero-order valence-corrected chi connectivity index (χ0v) is 10.1. The van der Waals surface area contributed by atoms with Gasteiger partial charge in [-0.3, -0.25) is 9.59 Å². The van der Waals surface area contributed by atoms with E-state index in [1.165, 1.54) is 12.5 Å². The minimum Gasteiger partial charge on any atom is -0.347 e. The topological polar surface area (TPSA) is 49.4 Å². The molecule has 0 spiro atoms. The highest BCUT2D eigenvalue weighted by atomic mass is 16.2. The van der Waals surface area contributed by atoms with Crippen LogP contribution in [-0.4, -0.2) is 24.4 Å². The van der Waals surface area contributed by atoms with Crippen molar-refractivity contribution in [3.05, 3.63) is 29.8 Å². The van der Waals surface area contributed by atoms with E-state index in [2.05, 4.69) is 5.32 Å². The first-order valence-electron chi connectivity index (χ1n) is 5.74. The van der Waals surface area contributed by atoms with Gasteiger partial charge in [-0.05, 0) is 25.0 Å². The van der Waals surface area contributed by atoms with E-state index in [9.17, 15) is 9.59 Å². The fraction of sp³-hybridized carbons (Fsp3) is 0.385. The molecule has 4 nitrogen and oxygen atoms in total. The highest BCUT2D eigenvalue weighted by molar-refractivity contribution is 5.98. The number of carbonyl (C=O) groups is 2. The lowest BCUT2D eigenvalue weighted by Gasteiger charge is -2.22. The molecular weight excluding hydrogens is 216 g/mol. The third-order valence-corrected chi connectivity index (χ3v) is 2.96. The van der Waals surface area contributed by atoms with Gasteiger partial charge in [0.25, 0.3) is 0 Å². The molecule has 4 heteroatoms. The molecule has 0 aliphatic carbocycles. The molecule has 1 aromatic carbocycles. The Kier molecular flexibility index (Phi) is 3.13. The van der Waals surface area contributed by atoms with Crippen LogP contribution >= 0.6 is 0 Å². The molecule has 1 unspecified atom stereocenters. The summed E-state index contributed by atoms with van der Waals surface area (Å²) in [7, 11) is 0. The molecule has 1 N–H and O–H groups in total. The van der Waals surface area contributed by atoms with Gasteiger partial charge < -0.3 is 10.2 Å². The number of hydrogen-bond acceptors (Lipinski definition) is 2. The molecule has 0 saturated carbocycles. The van der Waals surface area contributed by atoms with Crippen molar-refractivity contribution in [3.8, 4) is 0 Å². The number of amides is 2. The number of nitrogens with zero attached hydrogens (tertiary/aromatic N) is 1. The summed E-state index contributed by atoms with van der Waals surface area (Å²) in [4.78, 5) is 24.6. The van der Waals surface area contributed by atoms with Gasteiger partial charge in [0.1, 0.15) is 0 Å². The van der Waals surface area contributed by atoms with E-state index in [4.69, 9.17) is 0 Å². The van der Waals surface area contributed by atoms with Gasteiger partial charge >= 0.3 is 0 Å². The van der Waals surface area contributed by atoms with Crippen LogP contribution in [0.1, 0.15) is 19.4 Å². The molecule has 17 heavy (non-hydrogen) atoms. The minimum atomic E-state index is -0.182. The van der Waals surface area contributed by atoms with E-state index in [1.54, 1.807) is 4.90 Å². The standard InChI is InChI=1S/C13H16N2O2/c1-9-7-11-5-3-4-6-12(11)15(9)13(17)8-14-10(2)16/h3-6,9H,7-8H2,1-2H3,(H,14,16). The largest absolute Gasteiger partial charge is 0.347 e. The van der Waals surface area contributed by atoms with Crippen LogP contribution in [0.25, 0.3) is 0 Å². The van der Waals surface area contributed by atoms with E-state index in [1.807, 2.05) is 31.2 Å². The molecule has 1 aliphatic rings. The Morgan fingerprint density at radius 3 is 2.82 bits per heavy atom. The average molecular weight is 232 g/mol. The van der Waals surface area contributed by atoms with Crippen molar-refractivity contribution in [1.82, 2.24) is 5.32 Å². The number of fused-ring (bicyclic) bond motifs is 1. The molecule has 0 bridgehead atoms. The van der Waals surface area contributed by atoms with Crippen molar-refractivity contribution in [2.45, 2.75) is 26.3 Å². The summed E-state index contributed by atoms with van der Waals surface area (Å²) < 4.78 is 0. The summed E-state index contributed by atoms with van der Waals surface area (Å²) in [6.45, 7) is 3.49. The Labute approximate surface area is 101 Å². The summed E-state index contributed by atoms with van der Waals surface area (Å²) >= 11 is 0. The van der Waals surface area contributed by atoms with E-state index in [0.29, 0.717) is 0 Å². The maximum Gasteiger partial charge on any atom is 0.246 e. The number of anilines is 1. The normalized spacial score (nSPS) is 17.8. The Bertz CT molecular complexity index is 456. The van der Waals surface area contributed by atoms with Crippen LogP contribution in [0.5, 0.6) is 0 Å². The number of benzene rings is 1. The van der Waals surface area contributed by atoms with Crippen molar-refractivity contribution in [2.24, 2.45) is 0 Å². The molecule has 1 heterocycles. The van der Waals surface area contributed by atoms with Gasteiger partial charge in [-0.15, -0.1) is 0 Å². The molecule has 0 fully saturated rings. The summed E-state index contributed by atoms with van der Waals surface area (Å²) in [6, 6.07) is 8.05. The van der Waals surface area contributed by atoms with Crippen LogP contribution in [0, 0.1) is 0 Å². The first-order chi connectivity index (χ1) is 8.09. The maximum absolute atomic E-state index is 12.0. The predicted octanol–water partition coefficient (Wildman–Crippen LogP) is 1.10. The van der Waals surface area contributed by atoms with Crippen molar-refractivity contribution < 1.29 is 9.59 Å². The van der Waals surface area contributed by atoms with Crippen molar-refractivity contribution in [2.75, 3.05) is 11.4 Å². The lowest BCUT2D eigenvalue weighted by Crippen LogP contribution is -2.42. The van der Waals surface area contributed by atoms with Crippen LogP contribution in [-0.2, 0) is 16.0 Å². The van der Waals surface area contributed by atoms with Crippen LogP contribution in [0.2, 0.25) is 0 Å². The van der Waals surface area contributed by atoms with E-state index < -0.39 is 0 Å². The zero-order chi connectivity index (χ0) is 12.4. The van der Waals surface area contributed by atoms with Gasteiger partial charge in [0, 0.05) is 18.7 Å². The van der Waals surface area contributed by atoms with E-state index in [-0.39, 0.29) is 24.4 Å². The second-order valence-corrected chi connectivity index (χ2v) is 4.36. The molecule has 2 amide bonds. The molecule has 0 radical (unpaired) electrons. The first-order valence-corrected chi connectivity index (χ1v) is 5.74. The van der Waals surface area contributed by atoms with E-state index in [0.717, 1.165) is 12.1 Å². The number of para-hydroxylation sites is 1. The van der Waals surface area contributed by atoms with Crippen molar-refractivity contribution >= 4 is 17.5 Å². The van der Waals surface area contributed by atoms with Gasteiger partial charge in [-0.25, -0.2) is 0 Å². The quantitative estimate of drug-likeness (QED) is 0.830. The number of carbonyl (C=O) groups excluding carboxylic acids is 2. The highest BCUT2D eigenvalue weighted by Gasteiger charge is 2.30. The lowest BCUT2D eigenvalue weighted by atomic mass is 10.1.